The number of hydrogen-bond donors (Lipinski definition) is 2. The van der Waals surface area contributed by atoms with Crippen LogP contribution in [-0.2, 0) is 0 Å². The molecular weight excluding hydrogens is 164 g/mol. The Bertz CT molecular complexity index is 286. The zero-order chi connectivity index (χ0) is 9.84. The van der Waals surface area contributed by atoms with Gasteiger partial charge in [0, 0.05) is 5.69 Å². The van der Waals surface area contributed by atoms with Crippen LogP contribution in [0.1, 0.15) is 29.5 Å². The predicted molar refractivity (Wildman–Crippen MR) is 52.3 cm³/mol. The summed E-state index contributed by atoms with van der Waals surface area (Å²) in [6.07, 6.45) is 0.0435. The lowest BCUT2D eigenvalue weighted by Crippen LogP contribution is -2.10. The van der Waals surface area contributed by atoms with Crippen LogP contribution in [0.4, 0.5) is 0 Å². The number of aliphatic hydroxyl groups excluding tert-OH is 1. The van der Waals surface area contributed by atoms with E-state index in [1.165, 1.54) is 0 Å². The van der Waals surface area contributed by atoms with E-state index in [2.05, 4.69) is 4.98 Å². The first kappa shape index (κ1) is 10.2. The maximum Gasteiger partial charge on any atom is 0.0974 e. The maximum atomic E-state index is 9.68. The number of nitrogens with zero attached hydrogens (tertiary/aromatic N) is 1. The van der Waals surface area contributed by atoms with Crippen LogP contribution in [0.15, 0.2) is 12.1 Å². The highest BCUT2D eigenvalue weighted by Gasteiger charge is 2.10. The van der Waals surface area contributed by atoms with Crippen molar-refractivity contribution in [3.63, 3.8) is 0 Å². The Labute approximate surface area is 78.6 Å². The Morgan fingerprint density at radius 2 is 2.15 bits per heavy atom. The highest BCUT2D eigenvalue weighted by Crippen LogP contribution is 2.17. The number of rotatable bonds is 3. The number of aromatic nitrogens is 1. The molecule has 0 radical (unpaired) electrons. The lowest BCUT2D eigenvalue weighted by atomic mass is 10.1. The van der Waals surface area contributed by atoms with E-state index in [9.17, 15) is 5.11 Å². The van der Waals surface area contributed by atoms with Gasteiger partial charge in [-0.05, 0) is 38.4 Å². The van der Waals surface area contributed by atoms with Gasteiger partial charge in [0.15, 0.2) is 0 Å². The molecule has 0 fully saturated rings. The van der Waals surface area contributed by atoms with Crippen molar-refractivity contribution in [3.05, 3.63) is 29.1 Å². The second-order valence-electron chi connectivity index (χ2n) is 3.25. The van der Waals surface area contributed by atoms with E-state index in [1.54, 1.807) is 0 Å². The molecule has 3 N–H and O–H groups in total. The van der Waals surface area contributed by atoms with Gasteiger partial charge in [0.25, 0.3) is 0 Å². The third-order valence-electron chi connectivity index (χ3n) is 2.03. The normalized spacial score (nSPS) is 12.9. The third kappa shape index (κ3) is 2.50. The number of nitrogens with two attached hydrogens (primary N) is 1. The Balaban J connectivity index is 2.91. The molecule has 13 heavy (non-hydrogen) atoms. The Morgan fingerprint density at radius 1 is 1.46 bits per heavy atom. The van der Waals surface area contributed by atoms with Gasteiger partial charge in [0.2, 0.25) is 0 Å². The van der Waals surface area contributed by atoms with Crippen molar-refractivity contribution < 1.29 is 5.11 Å². The monoisotopic (exact) mass is 180 g/mol. The quantitative estimate of drug-likeness (QED) is 0.731. The summed E-state index contributed by atoms with van der Waals surface area (Å²) in [7, 11) is 0. The second kappa shape index (κ2) is 4.35. The predicted octanol–water partition coefficient (Wildman–Crippen LogP) is 1.08. The van der Waals surface area contributed by atoms with Crippen LogP contribution >= 0.6 is 0 Å². The van der Waals surface area contributed by atoms with Crippen LogP contribution < -0.4 is 5.73 Å². The fraction of sp³-hybridized carbons (Fsp3) is 0.500. The summed E-state index contributed by atoms with van der Waals surface area (Å²) in [5.41, 5.74) is 8.07. The number of aryl methyl sites for hydroxylation is 2. The summed E-state index contributed by atoms with van der Waals surface area (Å²) < 4.78 is 0. The van der Waals surface area contributed by atoms with Gasteiger partial charge in [-0.15, -0.1) is 0 Å². The van der Waals surface area contributed by atoms with Crippen molar-refractivity contribution in [1.29, 1.82) is 0 Å². The van der Waals surface area contributed by atoms with E-state index >= 15 is 0 Å². The molecule has 3 heteroatoms. The molecule has 1 unspecified atom stereocenters. The molecule has 1 rings (SSSR count). The zero-order valence-corrected chi connectivity index (χ0v) is 8.12. The first-order valence-electron chi connectivity index (χ1n) is 4.47. The number of aliphatic hydroxyl groups is 1. The summed E-state index contributed by atoms with van der Waals surface area (Å²) in [5.74, 6) is 0. The SMILES string of the molecule is Cc1ccc(C)c(C(O)CCN)n1. The van der Waals surface area contributed by atoms with Crippen LogP contribution in [-0.4, -0.2) is 16.6 Å². The van der Waals surface area contributed by atoms with Crippen molar-refractivity contribution in [3.8, 4) is 0 Å². The highest BCUT2D eigenvalue weighted by molar-refractivity contribution is 5.22. The molecule has 0 saturated carbocycles. The Kier molecular flexibility index (Phi) is 3.39. The zero-order valence-electron chi connectivity index (χ0n) is 8.12. The van der Waals surface area contributed by atoms with E-state index in [0.717, 1.165) is 17.0 Å². The minimum atomic E-state index is -0.523. The molecule has 1 atom stereocenters. The molecule has 3 nitrogen and oxygen atoms in total. The largest absolute Gasteiger partial charge is 0.387 e. The molecule has 0 aromatic carbocycles. The number of hydrogen-bond acceptors (Lipinski definition) is 3. The smallest absolute Gasteiger partial charge is 0.0974 e. The maximum absolute atomic E-state index is 9.68. The molecule has 1 aromatic heterocycles. The summed E-state index contributed by atoms with van der Waals surface area (Å²) in [5, 5.41) is 9.68. The molecule has 0 aliphatic rings. The van der Waals surface area contributed by atoms with Gasteiger partial charge in [-0.2, -0.15) is 0 Å². The fourth-order valence-corrected chi connectivity index (χ4v) is 1.28. The molecule has 0 amide bonds. The van der Waals surface area contributed by atoms with Gasteiger partial charge in [-0.25, -0.2) is 0 Å². The molecule has 1 heterocycles. The van der Waals surface area contributed by atoms with Crippen molar-refractivity contribution in [2.75, 3.05) is 6.54 Å². The lowest BCUT2D eigenvalue weighted by Gasteiger charge is -2.11. The van der Waals surface area contributed by atoms with Crippen molar-refractivity contribution in [2.45, 2.75) is 26.4 Å². The van der Waals surface area contributed by atoms with E-state index in [4.69, 9.17) is 5.73 Å². The van der Waals surface area contributed by atoms with Crippen LogP contribution in [0.5, 0.6) is 0 Å². The topological polar surface area (TPSA) is 59.1 Å². The first-order valence-corrected chi connectivity index (χ1v) is 4.47. The molecule has 0 aliphatic carbocycles. The van der Waals surface area contributed by atoms with Crippen LogP contribution in [0.25, 0.3) is 0 Å². The first-order chi connectivity index (χ1) is 6.15. The van der Waals surface area contributed by atoms with Crippen molar-refractivity contribution >= 4 is 0 Å². The molecule has 0 bridgehead atoms. The average molecular weight is 180 g/mol. The third-order valence-corrected chi connectivity index (χ3v) is 2.03. The van der Waals surface area contributed by atoms with Gasteiger partial charge in [-0.1, -0.05) is 6.07 Å². The van der Waals surface area contributed by atoms with E-state index in [0.29, 0.717) is 13.0 Å². The van der Waals surface area contributed by atoms with Crippen LogP contribution in [0, 0.1) is 13.8 Å². The molecule has 1 aromatic rings. The molecule has 72 valence electrons. The molecular formula is C10H16N2O. The van der Waals surface area contributed by atoms with E-state index in [1.807, 2.05) is 26.0 Å². The highest BCUT2D eigenvalue weighted by atomic mass is 16.3. The molecule has 0 spiro atoms. The van der Waals surface area contributed by atoms with Crippen LogP contribution in [0.3, 0.4) is 0 Å². The summed E-state index contributed by atoms with van der Waals surface area (Å²) >= 11 is 0. The lowest BCUT2D eigenvalue weighted by molar-refractivity contribution is 0.164. The van der Waals surface area contributed by atoms with E-state index < -0.39 is 6.10 Å². The molecule has 0 saturated heterocycles. The fourth-order valence-electron chi connectivity index (χ4n) is 1.28. The minimum Gasteiger partial charge on any atom is -0.387 e. The van der Waals surface area contributed by atoms with Crippen molar-refractivity contribution in [2.24, 2.45) is 5.73 Å². The summed E-state index contributed by atoms with van der Waals surface area (Å²) in [6.45, 7) is 4.34. The van der Waals surface area contributed by atoms with Gasteiger partial charge in [0.1, 0.15) is 0 Å². The molecule has 0 aliphatic heterocycles. The Hall–Kier alpha value is -0.930. The average Bonchev–Trinajstić information content (AvgIpc) is 2.09. The van der Waals surface area contributed by atoms with Crippen LogP contribution in [0.2, 0.25) is 0 Å². The Morgan fingerprint density at radius 3 is 2.77 bits per heavy atom. The van der Waals surface area contributed by atoms with E-state index in [-0.39, 0.29) is 0 Å². The summed E-state index contributed by atoms with van der Waals surface area (Å²) in [4.78, 5) is 4.29. The number of pyridine rings is 1. The minimum absolute atomic E-state index is 0.482. The standard InChI is InChI=1S/C10H16N2O/c1-7-3-4-8(2)12-10(7)9(13)5-6-11/h3-4,9,13H,5-6,11H2,1-2H3. The summed E-state index contributed by atoms with van der Waals surface area (Å²) in [6, 6.07) is 3.91. The van der Waals surface area contributed by atoms with Gasteiger partial charge in [0.05, 0.1) is 11.8 Å². The van der Waals surface area contributed by atoms with Gasteiger partial charge < -0.3 is 10.8 Å². The van der Waals surface area contributed by atoms with Gasteiger partial charge >= 0.3 is 0 Å². The second-order valence-corrected chi connectivity index (χ2v) is 3.25. The van der Waals surface area contributed by atoms with Crippen molar-refractivity contribution in [1.82, 2.24) is 4.98 Å². The van der Waals surface area contributed by atoms with Gasteiger partial charge in [-0.3, -0.25) is 4.98 Å².